The fourth-order valence-electron chi connectivity index (χ4n) is 4.74. The summed E-state index contributed by atoms with van der Waals surface area (Å²) in [6.07, 6.45) is 16.6. The summed E-state index contributed by atoms with van der Waals surface area (Å²) in [5.74, 6) is 0.116. The first kappa shape index (κ1) is 28.0. The number of carbonyl (C=O) groups is 2. The van der Waals surface area contributed by atoms with Crippen molar-refractivity contribution in [2.75, 3.05) is 0 Å². The Morgan fingerprint density at radius 1 is 0.677 bits per heavy atom. The summed E-state index contributed by atoms with van der Waals surface area (Å²) in [5, 5.41) is 0. The Morgan fingerprint density at radius 2 is 1.06 bits per heavy atom. The normalized spacial score (nSPS) is 21.7. The van der Waals surface area contributed by atoms with Crippen molar-refractivity contribution < 1.29 is 19.1 Å². The zero-order chi connectivity index (χ0) is 23.3. The molecule has 2 aliphatic carbocycles. The summed E-state index contributed by atoms with van der Waals surface area (Å²) in [6.45, 7) is 12.3. The van der Waals surface area contributed by atoms with Crippen molar-refractivity contribution in [3.63, 3.8) is 0 Å². The molecule has 0 bridgehead atoms. The molecule has 31 heavy (non-hydrogen) atoms. The number of ether oxygens (including phenoxy) is 2. The lowest BCUT2D eigenvalue weighted by Crippen LogP contribution is -2.38. The molecule has 0 aromatic heterocycles. The highest BCUT2D eigenvalue weighted by Crippen LogP contribution is 2.36. The van der Waals surface area contributed by atoms with E-state index in [-0.39, 0.29) is 35.0 Å². The van der Waals surface area contributed by atoms with Crippen LogP contribution in [0, 0.1) is 11.8 Å². The molecule has 2 atom stereocenters. The molecule has 2 fully saturated rings. The number of rotatable bonds is 9. The van der Waals surface area contributed by atoms with Crippen molar-refractivity contribution in [2.24, 2.45) is 11.8 Å². The van der Waals surface area contributed by atoms with Gasteiger partial charge >= 0.3 is 11.9 Å². The van der Waals surface area contributed by atoms with Crippen molar-refractivity contribution in [2.45, 2.75) is 149 Å². The van der Waals surface area contributed by atoms with Crippen LogP contribution in [0.25, 0.3) is 0 Å². The first-order valence-corrected chi connectivity index (χ1v) is 13.2. The topological polar surface area (TPSA) is 52.6 Å². The van der Waals surface area contributed by atoms with E-state index < -0.39 is 0 Å². The third-order valence-electron chi connectivity index (χ3n) is 7.54. The summed E-state index contributed by atoms with van der Waals surface area (Å²) < 4.78 is 11.6. The van der Waals surface area contributed by atoms with E-state index in [4.69, 9.17) is 9.47 Å². The molecule has 0 heterocycles. The lowest BCUT2D eigenvalue weighted by atomic mass is 9.81. The van der Waals surface area contributed by atoms with Gasteiger partial charge in [-0.05, 0) is 77.0 Å². The van der Waals surface area contributed by atoms with Gasteiger partial charge < -0.3 is 9.47 Å². The van der Waals surface area contributed by atoms with Gasteiger partial charge in [-0.2, -0.15) is 0 Å². The second kappa shape index (κ2) is 14.2. The average molecular weight is 439 g/mol. The van der Waals surface area contributed by atoms with Crippen LogP contribution < -0.4 is 0 Å². The second-order valence-corrected chi connectivity index (χ2v) is 10.1. The first-order chi connectivity index (χ1) is 14.8. The summed E-state index contributed by atoms with van der Waals surface area (Å²) in [4.78, 5) is 23.7. The van der Waals surface area contributed by atoms with Crippen LogP contribution in [0.15, 0.2) is 0 Å². The maximum absolute atomic E-state index is 11.9. The van der Waals surface area contributed by atoms with E-state index in [1.54, 1.807) is 0 Å². The van der Waals surface area contributed by atoms with E-state index in [0.717, 1.165) is 57.8 Å². The molecule has 0 radical (unpaired) electrons. The van der Waals surface area contributed by atoms with E-state index in [2.05, 4.69) is 13.8 Å². The molecule has 2 unspecified atom stereocenters. The molecule has 0 saturated heterocycles. The Balaban J connectivity index is 0.000000311. The van der Waals surface area contributed by atoms with Gasteiger partial charge in [-0.15, -0.1) is 0 Å². The summed E-state index contributed by atoms with van der Waals surface area (Å²) in [5.41, 5.74) is -0.244. The van der Waals surface area contributed by atoms with Gasteiger partial charge in [0.1, 0.15) is 11.2 Å². The van der Waals surface area contributed by atoms with Crippen LogP contribution in [-0.2, 0) is 19.1 Å². The fraction of sp³-hybridized carbons (Fsp3) is 0.926. The van der Waals surface area contributed by atoms with Crippen molar-refractivity contribution >= 4 is 11.9 Å². The molecule has 2 rings (SSSR count). The Labute approximate surface area is 192 Å². The lowest BCUT2D eigenvalue weighted by Gasteiger charge is -2.37. The number of hydrogen-bond donors (Lipinski definition) is 0. The van der Waals surface area contributed by atoms with Gasteiger partial charge in [-0.1, -0.05) is 60.8 Å². The van der Waals surface area contributed by atoms with E-state index in [9.17, 15) is 9.59 Å². The summed E-state index contributed by atoms with van der Waals surface area (Å²) in [6, 6.07) is 0. The van der Waals surface area contributed by atoms with Gasteiger partial charge in [0.2, 0.25) is 0 Å². The minimum atomic E-state index is -0.126. The standard InChI is InChI=1S/C14H26O2.C13H24O2/c1-4-9-14(10-7-6-8-11-14)16-13(15)12(3)5-2;1-4-11(3)12(14)15-13(5-2)9-7-6-8-10-13/h12H,4-11H2,1-3H3;11H,4-10H2,1-3H3. The summed E-state index contributed by atoms with van der Waals surface area (Å²) >= 11 is 0. The second-order valence-electron chi connectivity index (χ2n) is 10.1. The van der Waals surface area contributed by atoms with Crippen molar-refractivity contribution in [1.82, 2.24) is 0 Å². The molecule has 4 nitrogen and oxygen atoms in total. The molecule has 0 aliphatic heterocycles. The van der Waals surface area contributed by atoms with Crippen molar-refractivity contribution in [3.05, 3.63) is 0 Å². The van der Waals surface area contributed by atoms with Crippen LogP contribution in [0.2, 0.25) is 0 Å². The molecule has 0 aromatic rings. The Morgan fingerprint density at radius 3 is 1.42 bits per heavy atom. The Hall–Kier alpha value is -1.06. The van der Waals surface area contributed by atoms with Crippen LogP contribution in [0.5, 0.6) is 0 Å². The molecule has 0 aromatic carbocycles. The molecular formula is C27H50O4. The fourth-order valence-corrected chi connectivity index (χ4v) is 4.74. The van der Waals surface area contributed by atoms with Gasteiger partial charge in [0.25, 0.3) is 0 Å². The Bertz CT molecular complexity index is 510. The van der Waals surface area contributed by atoms with Gasteiger partial charge in [-0.25, -0.2) is 0 Å². The van der Waals surface area contributed by atoms with Crippen LogP contribution in [0.3, 0.4) is 0 Å². The third kappa shape index (κ3) is 9.14. The maximum Gasteiger partial charge on any atom is 0.309 e. The molecular weight excluding hydrogens is 388 g/mol. The third-order valence-corrected chi connectivity index (χ3v) is 7.54. The minimum absolute atomic E-state index is 0.00116. The van der Waals surface area contributed by atoms with Gasteiger partial charge in [0, 0.05) is 0 Å². The van der Waals surface area contributed by atoms with Crippen LogP contribution >= 0.6 is 0 Å². The monoisotopic (exact) mass is 438 g/mol. The zero-order valence-electron chi connectivity index (χ0n) is 21.4. The number of esters is 2. The van der Waals surface area contributed by atoms with Crippen molar-refractivity contribution in [1.29, 1.82) is 0 Å². The highest BCUT2D eigenvalue weighted by Gasteiger charge is 2.36. The quantitative estimate of drug-likeness (QED) is 0.345. The maximum atomic E-state index is 11.9. The predicted octanol–water partition coefficient (Wildman–Crippen LogP) is 7.77. The Kier molecular flexibility index (Phi) is 12.8. The number of hydrogen-bond acceptors (Lipinski definition) is 4. The van der Waals surface area contributed by atoms with Crippen molar-refractivity contribution in [3.8, 4) is 0 Å². The molecule has 0 N–H and O–H groups in total. The van der Waals surface area contributed by atoms with E-state index >= 15 is 0 Å². The van der Waals surface area contributed by atoms with Gasteiger partial charge in [-0.3, -0.25) is 9.59 Å². The van der Waals surface area contributed by atoms with E-state index in [0.29, 0.717) is 0 Å². The molecule has 2 aliphatic rings. The molecule has 2 saturated carbocycles. The minimum Gasteiger partial charge on any atom is -0.459 e. The van der Waals surface area contributed by atoms with Crippen LogP contribution in [0.4, 0.5) is 0 Å². The molecule has 0 spiro atoms. The highest BCUT2D eigenvalue weighted by atomic mass is 16.6. The molecule has 4 heteroatoms. The largest absolute Gasteiger partial charge is 0.459 e. The molecule has 0 amide bonds. The van der Waals surface area contributed by atoms with Crippen LogP contribution in [0.1, 0.15) is 138 Å². The first-order valence-electron chi connectivity index (χ1n) is 13.2. The SMILES string of the molecule is CCC(C)C(=O)OC1(CC)CCCCC1.CCCC1(OC(=O)C(C)CC)CCCCC1. The highest BCUT2D eigenvalue weighted by molar-refractivity contribution is 5.72. The predicted molar refractivity (Wildman–Crippen MR) is 128 cm³/mol. The van der Waals surface area contributed by atoms with Gasteiger partial charge in [0.15, 0.2) is 0 Å². The van der Waals surface area contributed by atoms with Gasteiger partial charge in [0.05, 0.1) is 11.8 Å². The lowest BCUT2D eigenvalue weighted by molar-refractivity contribution is -0.169. The average Bonchev–Trinajstić information content (AvgIpc) is 2.79. The summed E-state index contributed by atoms with van der Waals surface area (Å²) in [7, 11) is 0. The van der Waals surface area contributed by atoms with Crippen LogP contribution in [-0.4, -0.2) is 23.1 Å². The smallest absolute Gasteiger partial charge is 0.309 e. The molecule has 182 valence electrons. The van der Waals surface area contributed by atoms with E-state index in [1.165, 1.54) is 38.5 Å². The van der Waals surface area contributed by atoms with E-state index in [1.807, 2.05) is 27.7 Å². The number of carbonyl (C=O) groups excluding carboxylic acids is 2. The zero-order valence-corrected chi connectivity index (χ0v) is 21.4.